The molecule has 0 aliphatic carbocycles. The topological polar surface area (TPSA) is 30.2 Å². The van der Waals surface area contributed by atoms with E-state index in [1.54, 1.807) is 6.20 Å². The highest BCUT2D eigenvalue weighted by Crippen LogP contribution is 2.30. The maximum absolute atomic E-state index is 4.94. The van der Waals surface area contributed by atoms with Gasteiger partial charge in [0.15, 0.2) is 0 Å². The zero-order valence-corrected chi connectivity index (χ0v) is 13.5. The lowest BCUT2D eigenvalue weighted by Gasteiger charge is -2.03. The fourth-order valence-electron chi connectivity index (χ4n) is 3.26. The average molecular weight is 321 g/mol. The summed E-state index contributed by atoms with van der Waals surface area (Å²) in [6, 6.07) is 26.9. The Morgan fingerprint density at radius 2 is 1.56 bits per heavy atom. The number of benzene rings is 2. The molecule has 0 bridgehead atoms. The van der Waals surface area contributed by atoms with Crippen LogP contribution in [0.1, 0.15) is 0 Å². The van der Waals surface area contributed by atoms with Crippen molar-refractivity contribution >= 4 is 16.3 Å². The molecule has 0 aliphatic rings. The van der Waals surface area contributed by atoms with Crippen molar-refractivity contribution in [3.05, 3.63) is 91.3 Å². The van der Waals surface area contributed by atoms with Crippen molar-refractivity contribution in [2.45, 2.75) is 0 Å². The van der Waals surface area contributed by atoms with Crippen LogP contribution in [0.15, 0.2) is 91.3 Å². The van der Waals surface area contributed by atoms with Gasteiger partial charge in [-0.1, -0.05) is 48.5 Å². The van der Waals surface area contributed by atoms with Gasteiger partial charge in [0.05, 0.1) is 11.2 Å². The molecule has 25 heavy (non-hydrogen) atoms. The molecule has 0 radical (unpaired) electrons. The standard InChI is InChI=1S/C22H15N3/c1-2-8-17-15-18(12-11-16(17)7-1)22-24-21(19-9-3-5-13-23-19)20-10-4-6-14-25(20)22/h1-15H. The van der Waals surface area contributed by atoms with Gasteiger partial charge in [0, 0.05) is 18.0 Å². The van der Waals surface area contributed by atoms with Gasteiger partial charge in [-0.2, -0.15) is 0 Å². The second-order valence-electron chi connectivity index (χ2n) is 6.02. The zero-order chi connectivity index (χ0) is 16.6. The molecular formula is C22H15N3. The van der Waals surface area contributed by atoms with E-state index in [-0.39, 0.29) is 0 Å². The summed E-state index contributed by atoms with van der Waals surface area (Å²) in [5.74, 6) is 0.932. The van der Waals surface area contributed by atoms with Crippen LogP contribution in [0.2, 0.25) is 0 Å². The number of rotatable bonds is 2. The molecule has 5 rings (SSSR count). The Morgan fingerprint density at radius 3 is 2.44 bits per heavy atom. The SMILES string of the molecule is c1ccc(-c2nc(-c3ccc4ccccc4c3)n3ccccc23)nc1. The Bertz CT molecular complexity index is 1190. The number of aromatic nitrogens is 3. The van der Waals surface area contributed by atoms with Gasteiger partial charge in [0.25, 0.3) is 0 Å². The number of hydrogen-bond donors (Lipinski definition) is 0. The van der Waals surface area contributed by atoms with E-state index < -0.39 is 0 Å². The van der Waals surface area contributed by atoms with Crippen molar-refractivity contribution < 1.29 is 0 Å². The number of fused-ring (bicyclic) bond motifs is 2. The number of hydrogen-bond acceptors (Lipinski definition) is 2. The van der Waals surface area contributed by atoms with Gasteiger partial charge in [-0.15, -0.1) is 0 Å². The van der Waals surface area contributed by atoms with E-state index in [0.717, 1.165) is 28.3 Å². The molecule has 0 aliphatic heterocycles. The van der Waals surface area contributed by atoms with E-state index in [1.165, 1.54) is 10.8 Å². The van der Waals surface area contributed by atoms with Crippen LogP contribution in [0.3, 0.4) is 0 Å². The molecule has 0 atom stereocenters. The van der Waals surface area contributed by atoms with Gasteiger partial charge in [-0.3, -0.25) is 9.38 Å². The lowest BCUT2D eigenvalue weighted by Crippen LogP contribution is -1.88. The molecule has 0 N–H and O–H groups in total. The van der Waals surface area contributed by atoms with Crippen molar-refractivity contribution in [3.8, 4) is 22.8 Å². The summed E-state index contributed by atoms with van der Waals surface area (Å²) < 4.78 is 2.13. The Hall–Kier alpha value is -3.46. The summed E-state index contributed by atoms with van der Waals surface area (Å²) in [4.78, 5) is 9.42. The Morgan fingerprint density at radius 1 is 0.720 bits per heavy atom. The monoisotopic (exact) mass is 321 g/mol. The highest BCUT2D eigenvalue weighted by atomic mass is 15.0. The van der Waals surface area contributed by atoms with Crippen molar-refractivity contribution in [1.82, 2.24) is 14.4 Å². The fourth-order valence-corrected chi connectivity index (χ4v) is 3.26. The van der Waals surface area contributed by atoms with Gasteiger partial charge < -0.3 is 0 Å². The summed E-state index contributed by atoms with van der Waals surface area (Å²) in [5.41, 5.74) is 3.95. The molecule has 3 heterocycles. The van der Waals surface area contributed by atoms with Crippen molar-refractivity contribution in [2.75, 3.05) is 0 Å². The van der Waals surface area contributed by atoms with Gasteiger partial charge in [0.2, 0.25) is 0 Å². The minimum atomic E-state index is 0.887. The van der Waals surface area contributed by atoms with Gasteiger partial charge in [0.1, 0.15) is 11.5 Å². The first-order chi connectivity index (χ1) is 12.4. The molecule has 2 aromatic carbocycles. The molecule has 3 aromatic heterocycles. The molecular weight excluding hydrogens is 306 g/mol. The van der Waals surface area contributed by atoms with Crippen molar-refractivity contribution in [3.63, 3.8) is 0 Å². The van der Waals surface area contributed by atoms with Crippen LogP contribution in [-0.4, -0.2) is 14.4 Å². The van der Waals surface area contributed by atoms with Crippen LogP contribution in [-0.2, 0) is 0 Å². The molecule has 118 valence electrons. The number of nitrogens with zero attached hydrogens (tertiary/aromatic N) is 3. The maximum Gasteiger partial charge on any atom is 0.145 e. The largest absolute Gasteiger partial charge is 0.299 e. The van der Waals surface area contributed by atoms with Crippen molar-refractivity contribution in [1.29, 1.82) is 0 Å². The summed E-state index contributed by atoms with van der Waals surface area (Å²) in [6.07, 6.45) is 3.86. The number of pyridine rings is 2. The van der Waals surface area contributed by atoms with Crippen molar-refractivity contribution in [2.24, 2.45) is 0 Å². The molecule has 5 aromatic rings. The molecule has 0 unspecified atom stereocenters. The van der Waals surface area contributed by atoms with Gasteiger partial charge in [-0.25, -0.2) is 4.98 Å². The highest BCUT2D eigenvalue weighted by molar-refractivity contribution is 5.88. The lowest BCUT2D eigenvalue weighted by molar-refractivity contribution is 1.16. The van der Waals surface area contributed by atoms with Crippen LogP contribution >= 0.6 is 0 Å². The minimum absolute atomic E-state index is 0.887. The van der Waals surface area contributed by atoms with Crippen LogP contribution < -0.4 is 0 Å². The molecule has 0 spiro atoms. The first-order valence-electron chi connectivity index (χ1n) is 8.28. The first kappa shape index (κ1) is 13.9. The van der Waals surface area contributed by atoms with E-state index in [9.17, 15) is 0 Å². The average Bonchev–Trinajstić information content (AvgIpc) is 3.08. The summed E-state index contributed by atoms with van der Waals surface area (Å²) in [5, 5.41) is 2.45. The van der Waals surface area contributed by atoms with Crippen LogP contribution in [0, 0.1) is 0 Å². The first-order valence-corrected chi connectivity index (χ1v) is 8.28. The summed E-state index contributed by atoms with van der Waals surface area (Å²) in [7, 11) is 0. The van der Waals surface area contributed by atoms with Gasteiger partial charge in [-0.05, 0) is 41.1 Å². The molecule has 0 amide bonds. The predicted octanol–water partition coefficient (Wildman–Crippen LogP) is 5.22. The van der Waals surface area contributed by atoms with Crippen LogP contribution in [0.4, 0.5) is 0 Å². The third-order valence-electron chi connectivity index (χ3n) is 4.46. The molecule has 3 nitrogen and oxygen atoms in total. The van der Waals surface area contributed by atoms with Gasteiger partial charge >= 0.3 is 0 Å². The summed E-state index contributed by atoms with van der Waals surface area (Å²) in [6.45, 7) is 0. The lowest BCUT2D eigenvalue weighted by atomic mass is 10.1. The highest BCUT2D eigenvalue weighted by Gasteiger charge is 2.14. The summed E-state index contributed by atoms with van der Waals surface area (Å²) >= 11 is 0. The third kappa shape index (κ3) is 2.29. The van der Waals surface area contributed by atoms with E-state index in [2.05, 4.69) is 64.1 Å². The van der Waals surface area contributed by atoms with E-state index in [4.69, 9.17) is 4.98 Å². The Labute approximate surface area is 145 Å². The molecule has 0 saturated carbocycles. The third-order valence-corrected chi connectivity index (χ3v) is 4.46. The normalized spacial score (nSPS) is 11.2. The molecule has 3 heteroatoms. The fraction of sp³-hybridized carbons (Fsp3) is 0. The molecule has 0 saturated heterocycles. The Balaban J connectivity index is 1.78. The predicted molar refractivity (Wildman–Crippen MR) is 101 cm³/mol. The van der Waals surface area contributed by atoms with Crippen LogP contribution in [0.5, 0.6) is 0 Å². The quantitative estimate of drug-likeness (QED) is 0.446. The maximum atomic E-state index is 4.94. The van der Waals surface area contributed by atoms with E-state index >= 15 is 0 Å². The van der Waals surface area contributed by atoms with Crippen LogP contribution in [0.25, 0.3) is 39.1 Å². The number of imidazole rings is 1. The van der Waals surface area contributed by atoms with E-state index in [0.29, 0.717) is 0 Å². The van der Waals surface area contributed by atoms with E-state index in [1.807, 2.05) is 30.3 Å². The minimum Gasteiger partial charge on any atom is -0.299 e. The zero-order valence-electron chi connectivity index (χ0n) is 13.5. The smallest absolute Gasteiger partial charge is 0.145 e. The second kappa shape index (κ2) is 5.56. The Kier molecular flexibility index (Phi) is 3.10. The molecule has 0 fully saturated rings. The second-order valence-corrected chi connectivity index (χ2v) is 6.02.